The average molecular weight is 246 g/mol. The molecule has 2 aromatic heterocycles. The van der Waals surface area contributed by atoms with Crippen LogP contribution in [0.3, 0.4) is 0 Å². The second-order valence-corrected chi connectivity index (χ2v) is 3.91. The fourth-order valence-electron chi connectivity index (χ4n) is 1.39. The van der Waals surface area contributed by atoms with Crippen LogP contribution < -0.4 is 10.2 Å². The average Bonchev–Trinajstić information content (AvgIpc) is 2.89. The number of hydrogen-bond acceptors (Lipinski definition) is 5. The molecule has 2 rings (SSSR count). The summed E-state index contributed by atoms with van der Waals surface area (Å²) in [6.07, 6.45) is 3.01. The van der Waals surface area contributed by atoms with Gasteiger partial charge in [0.1, 0.15) is 18.0 Å². The van der Waals surface area contributed by atoms with Crippen molar-refractivity contribution in [3.63, 3.8) is 0 Å². The Morgan fingerprint density at radius 1 is 1.44 bits per heavy atom. The molecule has 0 aliphatic rings. The molecule has 0 spiro atoms. The van der Waals surface area contributed by atoms with E-state index in [0.29, 0.717) is 17.9 Å². The highest BCUT2D eigenvalue weighted by Gasteiger charge is 2.08. The minimum Gasteiger partial charge on any atom is -0.363 e. The topological polar surface area (TPSA) is 86.8 Å². The Morgan fingerprint density at radius 2 is 2.28 bits per heavy atom. The highest BCUT2D eigenvalue weighted by molar-refractivity contribution is 5.94. The smallest absolute Gasteiger partial charge is 0.251 e. The second-order valence-electron chi connectivity index (χ2n) is 3.91. The molecule has 0 radical (unpaired) electrons. The van der Waals surface area contributed by atoms with Crippen LogP contribution in [-0.4, -0.2) is 40.2 Å². The zero-order chi connectivity index (χ0) is 13.0. The molecule has 0 aromatic carbocycles. The Labute approximate surface area is 104 Å². The summed E-state index contributed by atoms with van der Waals surface area (Å²) in [5.41, 5.74) is 0.563. The maximum absolute atomic E-state index is 11.9. The van der Waals surface area contributed by atoms with Crippen molar-refractivity contribution in [3.05, 3.63) is 36.0 Å². The normalized spacial score (nSPS) is 10.1. The standard InChI is InChI=1S/C11H14N6O/c1-17(2)10-5-8(3-4-12-10)11(18)13-6-9-14-7-15-16-9/h3-5,7H,6H2,1-2H3,(H,13,18)(H,14,15,16). The molecule has 0 bridgehead atoms. The van der Waals surface area contributed by atoms with E-state index < -0.39 is 0 Å². The predicted molar refractivity (Wildman–Crippen MR) is 66.1 cm³/mol. The van der Waals surface area contributed by atoms with E-state index in [1.807, 2.05) is 19.0 Å². The third-order valence-electron chi connectivity index (χ3n) is 2.35. The number of nitrogens with one attached hydrogen (secondary N) is 2. The number of carbonyl (C=O) groups is 1. The number of anilines is 1. The number of pyridine rings is 1. The highest BCUT2D eigenvalue weighted by atomic mass is 16.1. The number of nitrogens with zero attached hydrogens (tertiary/aromatic N) is 4. The van der Waals surface area contributed by atoms with Crippen molar-refractivity contribution in [1.29, 1.82) is 0 Å². The van der Waals surface area contributed by atoms with E-state index in [0.717, 1.165) is 5.82 Å². The second kappa shape index (κ2) is 5.26. The molecule has 0 unspecified atom stereocenters. The van der Waals surface area contributed by atoms with Crippen LogP contribution in [-0.2, 0) is 6.54 Å². The minimum absolute atomic E-state index is 0.170. The predicted octanol–water partition coefficient (Wildman–Crippen LogP) is 0.196. The van der Waals surface area contributed by atoms with Gasteiger partial charge >= 0.3 is 0 Å². The molecule has 0 atom stereocenters. The first-order chi connectivity index (χ1) is 8.66. The third kappa shape index (κ3) is 2.82. The Hall–Kier alpha value is -2.44. The summed E-state index contributed by atoms with van der Waals surface area (Å²) in [5, 5.41) is 9.13. The van der Waals surface area contributed by atoms with Crippen molar-refractivity contribution in [1.82, 2.24) is 25.5 Å². The van der Waals surface area contributed by atoms with Crippen LogP contribution in [0.1, 0.15) is 16.2 Å². The van der Waals surface area contributed by atoms with Crippen LogP contribution >= 0.6 is 0 Å². The fourth-order valence-corrected chi connectivity index (χ4v) is 1.39. The molecule has 0 aliphatic heterocycles. The summed E-state index contributed by atoms with van der Waals surface area (Å²) in [5.74, 6) is 1.18. The lowest BCUT2D eigenvalue weighted by molar-refractivity contribution is 0.0950. The van der Waals surface area contributed by atoms with E-state index in [-0.39, 0.29) is 5.91 Å². The number of aromatic nitrogens is 4. The van der Waals surface area contributed by atoms with Crippen LogP contribution in [0.2, 0.25) is 0 Å². The molecule has 0 saturated carbocycles. The van der Waals surface area contributed by atoms with E-state index in [9.17, 15) is 4.79 Å². The van der Waals surface area contributed by atoms with Crippen molar-refractivity contribution in [2.45, 2.75) is 6.54 Å². The quantitative estimate of drug-likeness (QED) is 0.804. The number of carbonyl (C=O) groups excluding carboxylic acids is 1. The van der Waals surface area contributed by atoms with E-state index in [4.69, 9.17) is 0 Å². The van der Waals surface area contributed by atoms with E-state index >= 15 is 0 Å². The summed E-state index contributed by atoms with van der Waals surface area (Å²) in [6, 6.07) is 3.40. The summed E-state index contributed by atoms with van der Waals surface area (Å²) in [4.78, 5) is 21.8. The van der Waals surface area contributed by atoms with Gasteiger partial charge < -0.3 is 10.2 Å². The first-order valence-electron chi connectivity index (χ1n) is 5.42. The van der Waals surface area contributed by atoms with Crippen LogP contribution in [0.5, 0.6) is 0 Å². The zero-order valence-electron chi connectivity index (χ0n) is 10.2. The minimum atomic E-state index is -0.170. The monoisotopic (exact) mass is 246 g/mol. The molecule has 0 fully saturated rings. The maximum Gasteiger partial charge on any atom is 0.251 e. The molecule has 0 saturated heterocycles. The van der Waals surface area contributed by atoms with Gasteiger partial charge in [-0.25, -0.2) is 9.97 Å². The fraction of sp³-hybridized carbons (Fsp3) is 0.273. The first kappa shape index (κ1) is 12.0. The number of aromatic amines is 1. The molecular formula is C11H14N6O. The van der Waals surface area contributed by atoms with Crippen LogP contribution in [0.15, 0.2) is 24.7 Å². The highest BCUT2D eigenvalue weighted by Crippen LogP contribution is 2.09. The number of hydrogen-bond donors (Lipinski definition) is 2. The Morgan fingerprint density at radius 3 is 2.94 bits per heavy atom. The summed E-state index contributed by atoms with van der Waals surface area (Å²) < 4.78 is 0. The number of amides is 1. The number of rotatable bonds is 4. The van der Waals surface area contributed by atoms with Crippen molar-refractivity contribution < 1.29 is 4.79 Å². The van der Waals surface area contributed by atoms with Gasteiger partial charge in [-0.3, -0.25) is 9.89 Å². The van der Waals surface area contributed by atoms with Gasteiger partial charge in [-0.05, 0) is 12.1 Å². The van der Waals surface area contributed by atoms with E-state index in [2.05, 4.69) is 25.5 Å². The van der Waals surface area contributed by atoms with Gasteiger partial charge in [0.25, 0.3) is 5.91 Å². The third-order valence-corrected chi connectivity index (χ3v) is 2.35. The van der Waals surface area contributed by atoms with E-state index in [1.54, 1.807) is 18.3 Å². The molecule has 94 valence electrons. The molecule has 2 aromatic rings. The van der Waals surface area contributed by atoms with Gasteiger partial charge in [0.15, 0.2) is 0 Å². The van der Waals surface area contributed by atoms with E-state index in [1.165, 1.54) is 6.33 Å². The number of H-pyrrole nitrogens is 1. The van der Waals surface area contributed by atoms with Gasteiger partial charge in [-0.1, -0.05) is 0 Å². The summed E-state index contributed by atoms with van der Waals surface area (Å²) in [7, 11) is 3.75. The molecular weight excluding hydrogens is 232 g/mol. The molecule has 1 amide bonds. The van der Waals surface area contributed by atoms with Gasteiger partial charge in [-0.2, -0.15) is 5.10 Å². The Bertz CT molecular complexity index is 522. The van der Waals surface area contributed by atoms with Crippen LogP contribution in [0, 0.1) is 0 Å². The maximum atomic E-state index is 11.9. The van der Waals surface area contributed by atoms with Crippen LogP contribution in [0.4, 0.5) is 5.82 Å². The van der Waals surface area contributed by atoms with Crippen molar-refractivity contribution in [3.8, 4) is 0 Å². The molecule has 7 nitrogen and oxygen atoms in total. The van der Waals surface area contributed by atoms with Gasteiger partial charge in [0.2, 0.25) is 0 Å². The Balaban J connectivity index is 2.02. The lowest BCUT2D eigenvalue weighted by atomic mass is 10.2. The van der Waals surface area contributed by atoms with Crippen molar-refractivity contribution in [2.75, 3.05) is 19.0 Å². The molecule has 2 N–H and O–H groups in total. The van der Waals surface area contributed by atoms with Crippen molar-refractivity contribution >= 4 is 11.7 Å². The summed E-state index contributed by atoms with van der Waals surface area (Å²) >= 11 is 0. The zero-order valence-corrected chi connectivity index (χ0v) is 10.2. The lowest BCUT2D eigenvalue weighted by Gasteiger charge is -2.11. The largest absolute Gasteiger partial charge is 0.363 e. The van der Waals surface area contributed by atoms with Gasteiger partial charge in [0, 0.05) is 25.9 Å². The summed E-state index contributed by atoms with van der Waals surface area (Å²) in [6.45, 7) is 0.318. The van der Waals surface area contributed by atoms with Gasteiger partial charge in [-0.15, -0.1) is 0 Å². The Kier molecular flexibility index (Phi) is 3.52. The molecule has 18 heavy (non-hydrogen) atoms. The first-order valence-corrected chi connectivity index (χ1v) is 5.42. The van der Waals surface area contributed by atoms with Gasteiger partial charge in [0.05, 0.1) is 6.54 Å². The lowest BCUT2D eigenvalue weighted by Crippen LogP contribution is -2.24. The van der Waals surface area contributed by atoms with Crippen LogP contribution in [0.25, 0.3) is 0 Å². The molecule has 0 aliphatic carbocycles. The molecule has 7 heteroatoms. The van der Waals surface area contributed by atoms with Crippen molar-refractivity contribution in [2.24, 2.45) is 0 Å². The SMILES string of the molecule is CN(C)c1cc(C(=O)NCc2ncn[nH]2)ccn1. The molecule has 2 heterocycles.